The standard InChI is InChI=1S/C19H18F3N3O2S/c1-4-28(26,27)16-9-14(19(20,21)22)10-23-17(16)18-24-11-15(25(18)3)13-7-5-6-12(2)8-13/h5-11H,4H2,1-3H3. The van der Waals surface area contributed by atoms with Crippen molar-refractivity contribution in [1.29, 1.82) is 0 Å². The number of imidazole rings is 1. The summed E-state index contributed by atoms with van der Waals surface area (Å²) in [5, 5.41) is 0. The van der Waals surface area contributed by atoms with Crippen LogP contribution in [-0.4, -0.2) is 28.7 Å². The minimum absolute atomic E-state index is 0.101. The molecule has 0 aliphatic heterocycles. The van der Waals surface area contributed by atoms with Gasteiger partial charge in [-0.2, -0.15) is 13.2 Å². The Morgan fingerprint density at radius 2 is 1.82 bits per heavy atom. The Kier molecular flexibility index (Phi) is 5.05. The predicted molar refractivity (Wildman–Crippen MR) is 99.3 cm³/mol. The van der Waals surface area contributed by atoms with Gasteiger partial charge in [-0.25, -0.2) is 13.4 Å². The zero-order chi connectivity index (χ0) is 20.7. The molecule has 0 saturated carbocycles. The third-order valence-corrected chi connectivity index (χ3v) is 6.15. The van der Waals surface area contributed by atoms with Crippen LogP contribution >= 0.6 is 0 Å². The molecule has 0 amide bonds. The minimum atomic E-state index is -4.70. The van der Waals surface area contributed by atoms with E-state index < -0.39 is 26.5 Å². The number of benzene rings is 1. The smallest absolute Gasteiger partial charge is 0.326 e. The highest BCUT2D eigenvalue weighted by molar-refractivity contribution is 7.91. The van der Waals surface area contributed by atoms with Crippen LogP contribution in [0.2, 0.25) is 0 Å². The van der Waals surface area contributed by atoms with E-state index in [2.05, 4.69) is 9.97 Å². The van der Waals surface area contributed by atoms with E-state index >= 15 is 0 Å². The molecule has 5 nitrogen and oxygen atoms in total. The molecular formula is C19H18F3N3O2S. The molecule has 0 N–H and O–H groups in total. The van der Waals surface area contributed by atoms with Crippen molar-refractivity contribution in [3.8, 4) is 22.8 Å². The molecule has 3 rings (SSSR count). The van der Waals surface area contributed by atoms with Crippen LogP contribution in [0.5, 0.6) is 0 Å². The van der Waals surface area contributed by atoms with E-state index in [0.29, 0.717) is 18.0 Å². The molecule has 1 aromatic carbocycles. The van der Waals surface area contributed by atoms with Crippen molar-refractivity contribution in [3.05, 3.63) is 53.9 Å². The molecule has 0 fully saturated rings. The monoisotopic (exact) mass is 409 g/mol. The van der Waals surface area contributed by atoms with Crippen LogP contribution in [0.4, 0.5) is 13.2 Å². The van der Waals surface area contributed by atoms with Crippen LogP contribution in [0.1, 0.15) is 18.1 Å². The number of halogens is 3. The molecule has 0 atom stereocenters. The SMILES string of the molecule is CCS(=O)(=O)c1cc(C(F)(F)F)cnc1-c1ncc(-c2cccc(C)c2)n1C. The maximum atomic E-state index is 13.1. The number of alkyl halides is 3. The van der Waals surface area contributed by atoms with Gasteiger partial charge in [-0.1, -0.05) is 30.7 Å². The minimum Gasteiger partial charge on any atom is -0.326 e. The lowest BCUT2D eigenvalue weighted by atomic mass is 10.1. The summed E-state index contributed by atoms with van der Waals surface area (Å²) in [5.41, 5.74) is 1.36. The molecule has 0 radical (unpaired) electrons. The molecule has 0 saturated heterocycles. The molecule has 2 aromatic heterocycles. The second-order valence-corrected chi connectivity index (χ2v) is 8.61. The summed E-state index contributed by atoms with van der Waals surface area (Å²) in [5.74, 6) is -0.171. The van der Waals surface area contributed by atoms with Crippen molar-refractivity contribution in [2.75, 3.05) is 5.75 Å². The molecule has 9 heteroatoms. The Morgan fingerprint density at radius 1 is 1.11 bits per heavy atom. The second-order valence-electron chi connectivity index (χ2n) is 6.37. The Bertz CT molecular complexity index is 1140. The van der Waals surface area contributed by atoms with Crippen LogP contribution in [0.3, 0.4) is 0 Å². The molecule has 0 aliphatic rings. The first kappa shape index (κ1) is 20.1. The number of sulfone groups is 1. The van der Waals surface area contributed by atoms with Crippen molar-refractivity contribution in [3.63, 3.8) is 0 Å². The highest BCUT2D eigenvalue weighted by atomic mass is 32.2. The number of aryl methyl sites for hydroxylation is 1. The fourth-order valence-electron chi connectivity index (χ4n) is 2.86. The predicted octanol–water partition coefficient (Wildman–Crippen LogP) is 4.27. The van der Waals surface area contributed by atoms with Gasteiger partial charge in [0.25, 0.3) is 0 Å². The third kappa shape index (κ3) is 3.66. The molecule has 0 bridgehead atoms. The summed E-state index contributed by atoms with van der Waals surface area (Å²) in [7, 11) is -2.29. The van der Waals surface area contributed by atoms with Crippen molar-refractivity contribution in [2.24, 2.45) is 7.05 Å². The number of hydrogen-bond acceptors (Lipinski definition) is 4. The Morgan fingerprint density at radius 3 is 2.43 bits per heavy atom. The molecule has 0 unspecified atom stereocenters. The van der Waals surface area contributed by atoms with E-state index in [1.165, 1.54) is 6.92 Å². The summed E-state index contributed by atoms with van der Waals surface area (Å²) in [6.45, 7) is 3.31. The number of hydrogen-bond donors (Lipinski definition) is 0. The van der Waals surface area contributed by atoms with Gasteiger partial charge in [-0.15, -0.1) is 0 Å². The fourth-order valence-corrected chi connectivity index (χ4v) is 3.92. The summed E-state index contributed by atoms with van der Waals surface area (Å²) in [6.07, 6.45) is -2.52. The summed E-state index contributed by atoms with van der Waals surface area (Å²) in [4.78, 5) is 7.60. The zero-order valence-corrected chi connectivity index (χ0v) is 16.3. The quantitative estimate of drug-likeness (QED) is 0.646. The third-order valence-electron chi connectivity index (χ3n) is 4.41. The van der Waals surface area contributed by atoms with Gasteiger partial charge in [-0.3, -0.25) is 4.98 Å². The van der Waals surface area contributed by atoms with Crippen LogP contribution in [0.15, 0.2) is 47.6 Å². The number of nitrogens with zero attached hydrogens (tertiary/aromatic N) is 3. The average Bonchev–Trinajstić information content (AvgIpc) is 3.01. The van der Waals surface area contributed by atoms with Gasteiger partial charge in [0.1, 0.15) is 5.69 Å². The van der Waals surface area contributed by atoms with E-state index in [0.717, 1.165) is 11.1 Å². The van der Waals surface area contributed by atoms with E-state index in [-0.39, 0.29) is 17.3 Å². The number of rotatable bonds is 4. The van der Waals surface area contributed by atoms with Crippen LogP contribution in [0, 0.1) is 6.92 Å². The van der Waals surface area contributed by atoms with Crippen LogP contribution in [-0.2, 0) is 23.1 Å². The van der Waals surface area contributed by atoms with Crippen LogP contribution in [0.25, 0.3) is 22.8 Å². The highest BCUT2D eigenvalue weighted by Crippen LogP contribution is 2.34. The molecular weight excluding hydrogens is 391 g/mol. The topological polar surface area (TPSA) is 64.8 Å². The normalized spacial score (nSPS) is 12.4. The van der Waals surface area contributed by atoms with Gasteiger partial charge >= 0.3 is 6.18 Å². The average molecular weight is 409 g/mol. The summed E-state index contributed by atoms with van der Waals surface area (Å²) < 4.78 is 65.8. The lowest BCUT2D eigenvalue weighted by Gasteiger charge is -2.13. The van der Waals surface area contributed by atoms with E-state index in [9.17, 15) is 21.6 Å². The number of pyridine rings is 1. The molecule has 3 aromatic rings. The summed E-state index contributed by atoms with van der Waals surface area (Å²) in [6, 6.07) is 8.25. The largest absolute Gasteiger partial charge is 0.417 e. The molecule has 0 aliphatic carbocycles. The van der Waals surface area contributed by atoms with E-state index in [1.54, 1.807) is 17.8 Å². The Labute approximate surface area is 160 Å². The molecule has 28 heavy (non-hydrogen) atoms. The van der Waals surface area contributed by atoms with Gasteiger partial charge in [0.15, 0.2) is 15.7 Å². The van der Waals surface area contributed by atoms with Gasteiger partial charge in [0.05, 0.1) is 28.1 Å². The fraction of sp³-hybridized carbons (Fsp3) is 0.263. The Balaban J connectivity index is 2.22. The van der Waals surface area contributed by atoms with Crippen LogP contribution < -0.4 is 0 Å². The van der Waals surface area contributed by atoms with E-state index in [4.69, 9.17) is 0 Å². The zero-order valence-electron chi connectivity index (χ0n) is 15.4. The van der Waals surface area contributed by atoms with Crippen molar-refractivity contribution >= 4 is 9.84 Å². The maximum absolute atomic E-state index is 13.1. The van der Waals surface area contributed by atoms with Gasteiger partial charge in [-0.05, 0) is 19.1 Å². The van der Waals surface area contributed by atoms with Gasteiger partial charge in [0.2, 0.25) is 0 Å². The first-order valence-electron chi connectivity index (χ1n) is 8.43. The molecule has 0 spiro atoms. The first-order valence-corrected chi connectivity index (χ1v) is 10.1. The van der Waals surface area contributed by atoms with Gasteiger partial charge < -0.3 is 4.57 Å². The van der Waals surface area contributed by atoms with Crippen molar-refractivity contribution in [1.82, 2.24) is 14.5 Å². The maximum Gasteiger partial charge on any atom is 0.417 e. The molecule has 148 valence electrons. The summed E-state index contributed by atoms with van der Waals surface area (Å²) >= 11 is 0. The first-order chi connectivity index (χ1) is 13.0. The second kappa shape index (κ2) is 7.05. The van der Waals surface area contributed by atoms with Gasteiger partial charge in [0, 0.05) is 18.8 Å². The Hall–Kier alpha value is -2.68. The van der Waals surface area contributed by atoms with E-state index in [1.807, 2.05) is 31.2 Å². The lowest BCUT2D eigenvalue weighted by Crippen LogP contribution is -2.13. The molecule has 2 heterocycles. The number of aromatic nitrogens is 3. The van der Waals surface area contributed by atoms with Crippen molar-refractivity contribution in [2.45, 2.75) is 24.9 Å². The highest BCUT2D eigenvalue weighted by Gasteiger charge is 2.34. The lowest BCUT2D eigenvalue weighted by molar-refractivity contribution is -0.138. The van der Waals surface area contributed by atoms with Crippen molar-refractivity contribution < 1.29 is 21.6 Å².